The SMILES string of the molecule is CC1(NC(=O)O[C@@H]2CC[C@H](C3CC(NC(=O)Cc4cc(C(F)F)ccn4)NN3)C2)CC1. The molecule has 31 heavy (non-hydrogen) atoms. The summed E-state index contributed by atoms with van der Waals surface area (Å²) >= 11 is 0. The van der Waals surface area contributed by atoms with Crippen molar-refractivity contribution in [1.82, 2.24) is 26.5 Å². The Morgan fingerprint density at radius 3 is 2.84 bits per heavy atom. The van der Waals surface area contributed by atoms with E-state index in [2.05, 4.69) is 26.5 Å². The number of alkyl halides is 2. The molecule has 1 aliphatic heterocycles. The van der Waals surface area contributed by atoms with Crippen LogP contribution in [0.2, 0.25) is 0 Å². The van der Waals surface area contributed by atoms with E-state index in [9.17, 15) is 18.4 Å². The van der Waals surface area contributed by atoms with Gasteiger partial charge in [-0.25, -0.2) is 19.0 Å². The highest BCUT2D eigenvalue weighted by Crippen LogP contribution is 2.36. The highest BCUT2D eigenvalue weighted by Gasteiger charge is 2.41. The van der Waals surface area contributed by atoms with Crippen molar-refractivity contribution in [1.29, 1.82) is 0 Å². The maximum Gasteiger partial charge on any atom is 0.407 e. The maximum atomic E-state index is 12.8. The Labute approximate surface area is 179 Å². The first-order valence-corrected chi connectivity index (χ1v) is 10.8. The summed E-state index contributed by atoms with van der Waals surface area (Å²) in [5.41, 5.74) is 6.39. The number of alkyl carbamates (subject to hydrolysis) is 1. The number of nitrogens with one attached hydrogen (secondary N) is 4. The second-order valence-electron chi connectivity index (χ2n) is 9.10. The Morgan fingerprint density at radius 2 is 2.10 bits per heavy atom. The average molecular weight is 437 g/mol. The lowest BCUT2D eigenvalue weighted by Crippen LogP contribution is -2.45. The molecule has 2 unspecified atom stereocenters. The molecule has 0 spiro atoms. The zero-order chi connectivity index (χ0) is 22.0. The number of hydrazine groups is 1. The number of carbonyl (C=O) groups excluding carboxylic acids is 2. The lowest BCUT2D eigenvalue weighted by atomic mass is 9.96. The fraction of sp³-hybridized carbons (Fsp3) is 0.667. The number of hydrogen-bond acceptors (Lipinski definition) is 6. The van der Waals surface area contributed by atoms with Crippen LogP contribution in [0.15, 0.2) is 18.3 Å². The largest absolute Gasteiger partial charge is 0.446 e. The van der Waals surface area contributed by atoms with Crippen LogP contribution in [0.1, 0.15) is 63.1 Å². The van der Waals surface area contributed by atoms with Gasteiger partial charge in [-0.1, -0.05) is 0 Å². The van der Waals surface area contributed by atoms with Crippen molar-refractivity contribution in [3.8, 4) is 0 Å². The number of pyridine rings is 1. The Bertz CT molecular complexity index is 820. The molecule has 10 heteroatoms. The summed E-state index contributed by atoms with van der Waals surface area (Å²) in [7, 11) is 0. The molecule has 2 saturated carbocycles. The minimum atomic E-state index is -2.59. The summed E-state index contributed by atoms with van der Waals surface area (Å²) in [6.45, 7) is 2.01. The van der Waals surface area contributed by atoms with Gasteiger partial charge in [-0.2, -0.15) is 0 Å². The highest BCUT2D eigenvalue weighted by molar-refractivity contribution is 5.78. The van der Waals surface area contributed by atoms with E-state index in [4.69, 9.17) is 4.74 Å². The normalized spacial score (nSPS) is 29.0. The summed E-state index contributed by atoms with van der Waals surface area (Å²) in [4.78, 5) is 28.3. The van der Waals surface area contributed by atoms with Crippen molar-refractivity contribution in [2.24, 2.45) is 5.92 Å². The lowest BCUT2D eigenvalue weighted by molar-refractivity contribution is -0.121. The summed E-state index contributed by atoms with van der Waals surface area (Å²) in [5.74, 6) is 0.0600. The topological polar surface area (TPSA) is 104 Å². The van der Waals surface area contributed by atoms with Crippen LogP contribution in [-0.2, 0) is 16.0 Å². The molecule has 2 amide bonds. The summed E-state index contributed by atoms with van der Waals surface area (Å²) < 4.78 is 31.2. The van der Waals surface area contributed by atoms with E-state index in [1.165, 1.54) is 18.3 Å². The van der Waals surface area contributed by atoms with Gasteiger partial charge in [0.1, 0.15) is 6.10 Å². The van der Waals surface area contributed by atoms with Crippen molar-refractivity contribution < 1.29 is 23.1 Å². The van der Waals surface area contributed by atoms with Gasteiger partial charge in [0, 0.05) is 23.3 Å². The van der Waals surface area contributed by atoms with Crippen molar-refractivity contribution in [3.63, 3.8) is 0 Å². The third kappa shape index (κ3) is 5.88. The van der Waals surface area contributed by atoms with Crippen molar-refractivity contribution in [2.75, 3.05) is 0 Å². The minimum absolute atomic E-state index is 0.0587. The molecule has 2 heterocycles. The van der Waals surface area contributed by atoms with E-state index < -0.39 is 6.43 Å². The summed E-state index contributed by atoms with van der Waals surface area (Å²) in [6, 6.07) is 2.66. The van der Waals surface area contributed by atoms with Gasteiger partial charge >= 0.3 is 6.09 Å². The monoisotopic (exact) mass is 437 g/mol. The molecule has 0 bridgehead atoms. The van der Waals surface area contributed by atoms with Gasteiger partial charge in [-0.15, -0.1) is 0 Å². The second-order valence-corrected chi connectivity index (χ2v) is 9.10. The van der Waals surface area contributed by atoms with Gasteiger partial charge in [0.15, 0.2) is 0 Å². The molecule has 4 atom stereocenters. The molecule has 3 fully saturated rings. The van der Waals surface area contributed by atoms with Crippen molar-refractivity contribution in [3.05, 3.63) is 29.6 Å². The van der Waals surface area contributed by atoms with Gasteiger partial charge in [0.25, 0.3) is 6.43 Å². The van der Waals surface area contributed by atoms with Crippen LogP contribution >= 0.6 is 0 Å². The van der Waals surface area contributed by atoms with E-state index >= 15 is 0 Å². The Balaban J connectivity index is 1.19. The Kier molecular flexibility index (Phi) is 6.38. The molecule has 2 aliphatic carbocycles. The van der Waals surface area contributed by atoms with Crippen LogP contribution < -0.4 is 21.5 Å². The van der Waals surface area contributed by atoms with Crippen LogP contribution in [-0.4, -0.2) is 40.8 Å². The van der Waals surface area contributed by atoms with E-state index in [-0.39, 0.29) is 47.8 Å². The number of halogens is 2. The fourth-order valence-electron chi connectivity index (χ4n) is 4.31. The number of rotatable bonds is 7. The van der Waals surface area contributed by atoms with E-state index in [0.29, 0.717) is 18.0 Å². The first-order valence-electron chi connectivity index (χ1n) is 10.8. The first kappa shape index (κ1) is 21.9. The van der Waals surface area contributed by atoms with Crippen LogP contribution in [0.3, 0.4) is 0 Å². The number of amides is 2. The molecule has 4 N–H and O–H groups in total. The molecule has 8 nitrogen and oxygen atoms in total. The number of hydrogen-bond donors (Lipinski definition) is 4. The van der Waals surface area contributed by atoms with E-state index in [1.807, 2.05) is 6.92 Å². The third-order valence-corrected chi connectivity index (χ3v) is 6.37. The predicted octanol–water partition coefficient (Wildman–Crippen LogP) is 2.32. The molecule has 170 valence electrons. The lowest BCUT2D eigenvalue weighted by Gasteiger charge is -2.19. The number of aromatic nitrogens is 1. The maximum absolute atomic E-state index is 12.8. The standard InChI is InChI=1S/C21H29F2N5O3/c1-21(5-6-21)26-20(30)31-15-3-2-12(9-15)16-11-17(28-27-16)25-18(29)10-14-8-13(19(22)23)4-7-24-14/h4,7-8,12,15-17,19,27-28H,2-3,5-6,9-11H2,1H3,(H,25,29)(H,26,30)/t12-,15+,16?,17?/m0/s1. The molecule has 0 aromatic carbocycles. The van der Waals surface area contributed by atoms with Crippen molar-refractivity contribution >= 4 is 12.0 Å². The van der Waals surface area contributed by atoms with E-state index in [0.717, 1.165) is 32.1 Å². The summed E-state index contributed by atoms with van der Waals surface area (Å²) in [5, 5.41) is 5.79. The molecule has 1 aromatic rings. The second kappa shape index (κ2) is 9.04. The Morgan fingerprint density at radius 1 is 1.29 bits per heavy atom. The first-order chi connectivity index (χ1) is 14.8. The molecular formula is C21H29F2N5O3. The minimum Gasteiger partial charge on any atom is -0.446 e. The van der Waals surface area contributed by atoms with Gasteiger partial charge in [0.05, 0.1) is 18.3 Å². The molecule has 1 saturated heterocycles. The summed E-state index contributed by atoms with van der Waals surface area (Å²) in [6.07, 6.45) is 3.20. The predicted molar refractivity (Wildman–Crippen MR) is 108 cm³/mol. The molecule has 4 rings (SSSR count). The van der Waals surface area contributed by atoms with Gasteiger partial charge in [-0.3, -0.25) is 15.2 Å². The van der Waals surface area contributed by atoms with Crippen LogP contribution in [0.25, 0.3) is 0 Å². The number of nitrogens with zero attached hydrogens (tertiary/aromatic N) is 1. The quantitative estimate of drug-likeness (QED) is 0.522. The van der Waals surface area contributed by atoms with Crippen LogP contribution in [0.4, 0.5) is 13.6 Å². The van der Waals surface area contributed by atoms with Crippen molar-refractivity contribution in [2.45, 2.75) is 82.1 Å². The van der Waals surface area contributed by atoms with Crippen LogP contribution in [0, 0.1) is 5.92 Å². The van der Waals surface area contributed by atoms with E-state index in [1.54, 1.807) is 0 Å². The molecule has 1 aromatic heterocycles. The number of carbonyl (C=O) groups is 2. The Hall–Kier alpha value is -2.33. The fourth-order valence-corrected chi connectivity index (χ4v) is 4.31. The highest BCUT2D eigenvalue weighted by atomic mass is 19.3. The zero-order valence-corrected chi connectivity index (χ0v) is 17.5. The van der Waals surface area contributed by atoms with Gasteiger partial charge in [-0.05, 0) is 63.5 Å². The van der Waals surface area contributed by atoms with Gasteiger partial charge in [0.2, 0.25) is 5.91 Å². The van der Waals surface area contributed by atoms with Gasteiger partial charge < -0.3 is 15.4 Å². The molecule has 0 radical (unpaired) electrons. The average Bonchev–Trinajstić information content (AvgIpc) is 3.08. The molecular weight excluding hydrogens is 408 g/mol. The zero-order valence-electron chi connectivity index (χ0n) is 17.5. The molecule has 3 aliphatic rings. The third-order valence-electron chi connectivity index (χ3n) is 6.37. The number of ether oxygens (including phenoxy) is 1. The smallest absolute Gasteiger partial charge is 0.407 e. The van der Waals surface area contributed by atoms with Crippen LogP contribution in [0.5, 0.6) is 0 Å².